The van der Waals surface area contributed by atoms with Crippen molar-refractivity contribution < 1.29 is 52.5 Å². The van der Waals surface area contributed by atoms with Gasteiger partial charge < -0.3 is 40.8 Å². The van der Waals surface area contributed by atoms with Crippen LogP contribution in [0, 0.1) is 5.92 Å². The molecule has 2 rings (SSSR count). The minimum absolute atomic E-state index is 0.00558. The molecule has 3 atom stereocenters. The van der Waals surface area contributed by atoms with Crippen LogP contribution < -0.4 is 21.3 Å². The number of guanidine groups is 1. The maximum absolute atomic E-state index is 13.8. The summed E-state index contributed by atoms with van der Waals surface area (Å²) in [5.74, 6) is -1.24. The molecule has 57 heavy (non-hydrogen) atoms. The van der Waals surface area contributed by atoms with E-state index in [4.69, 9.17) is 14.7 Å². The zero-order valence-electron chi connectivity index (χ0n) is 33.7. The first-order chi connectivity index (χ1) is 26.5. The number of hydrogen-bond acceptors (Lipinski definition) is 11. The van der Waals surface area contributed by atoms with E-state index >= 15 is 0 Å². The number of nitrogens with zero attached hydrogens (tertiary/aromatic N) is 3. The number of amides is 4. The normalized spacial score (nSPS) is 14.1. The lowest BCUT2D eigenvalue weighted by atomic mass is 10.00. The second kappa shape index (κ2) is 21.9. The van der Waals surface area contributed by atoms with Gasteiger partial charge in [0.1, 0.15) is 17.2 Å². The van der Waals surface area contributed by atoms with Gasteiger partial charge in [-0.15, -0.1) is 4.99 Å². The summed E-state index contributed by atoms with van der Waals surface area (Å²) in [7, 11) is -4.16. The minimum Gasteiger partial charge on any atom is -0.465 e. The van der Waals surface area contributed by atoms with E-state index in [2.05, 4.69) is 31.4 Å². The van der Waals surface area contributed by atoms with Crippen LogP contribution in [0.1, 0.15) is 79.4 Å². The van der Waals surface area contributed by atoms with Crippen LogP contribution in [0.3, 0.4) is 0 Å². The third kappa shape index (κ3) is 18.5. The van der Waals surface area contributed by atoms with Crippen LogP contribution in [-0.4, -0.2) is 114 Å². The number of benzene rings is 2. The maximum Gasteiger partial charge on any atom is 0.437 e. The van der Waals surface area contributed by atoms with E-state index in [-0.39, 0.29) is 49.1 Å². The first-order valence-corrected chi connectivity index (χ1v) is 19.8. The van der Waals surface area contributed by atoms with Crippen LogP contribution in [0.15, 0.2) is 69.6 Å². The van der Waals surface area contributed by atoms with Gasteiger partial charge in [-0.2, -0.15) is 4.31 Å². The summed E-state index contributed by atoms with van der Waals surface area (Å²) in [5.41, 5.74) is -0.565. The Kier molecular flexibility index (Phi) is 18.4. The van der Waals surface area contributed by atoms with Crippen LogP contribution >= 0.6 is 0 Å². The number of alkyl carbamates (subject to hydrolysis) is 1. The molecule has 0 fully saturated rings. The Balaban J connectivity index is 2.31. The molecule has 0 aliphatic rings. The lowest BCUT2D eigenvalue weighted by molar-refractivity contribution is -0.124. The summed E-state index contributed by atoms with van der Waals surface area (Å²) in [6.45, 7) is 13.1. The Morgan fingerprint density at radius 2 is 1.51 bits per heavy atom. The molecule has 2 aromatic carbocycles. The van der Waals surface area contributed by atoms with Crippen molar-refractivity contribution in [3.63, 3.8) is 0 Å². The van der Waals surface area contributed by atoms with Gasteiger partial charge in [0, 0.05) is 19.6 Å². The van der Waals surface area contributed by atoms with Crippen LogP contribution in [0.4, 0.5) is 14.4 Å². The van der Waals surface area contributed by atoms with Crippen LogP contribution in [0.5, 0.6) is 0 Å². The van der Waals surface area contributed by atoms with Gasteiger partial charge in [-0.3, -0.25) is 10.1 Å². The second-order valence-electron chi connectivity index (χ2n) is 15.5. The quantitative estimate of drug-likeness (QED) is 0.0392. The van der Waals surface area contributed by atoms with Crippen molar-refractivity contribution in [3.8, 4) is 0 Å². The molecular formula is C38H57N7O11S. The molecule has 2 aromatic rings. The second-order valence-corrected chi connectivity index (χ2v) is 17.5. The summed E-state index contributed by atoms with van der Waals surface area (Å²) >= 11 is 0. The predicted molar refractivity (Wildman–Crippen MR) is 213 cm³/mol. The summed E-state index contributed by atoms with van der Waals surface area (Å²) in [4.78, 5) is 54.1. The van der Waals surface area contributed by atoms with E-state index in [1.54, 1.807) is 71.9 Å². The molecule has 0 aromatic heterocycles. The Morgan fingerprint density at radius 3 is 2.05 bits per heavy atom. The molecule has 0 spiro atoms. The van der Waals surface area contributed by atoms with Crippen molar-refractivity contribution in [1.82, 2.24) is 25.6 Å². The monoisotopic (exact) mass is 819 g/mol. The number of aliphatic imine (C=N–C) groups is 1. The van der Waals surface area contributed by atoms with Crippen molar-refractivity contribution in [1.29, 1.82) is 0 Å². The van der Waals surface area contributed by atoms with E-state index < -0.39 is 70.1 Å². The topological polar surface area (TPSA) is 258 Å². The summed E-state index contributed by atoms with van der Waals surface area (Å²) in [6.07, 6.45) is -3.62. The van der Waals surface area contributed by atoms with Gasteiger partial charge in [-0.25, -0.2) is 22.8 Å². The molecule has 0 aliphatic heterocycles. The van der Waals surface area contributed by atoms with Gasteiger partial charge in [-0.1, -0.05) is 61.5 Å². The SMILES string of the molecule is CC(C)CN(C[C@H](O)[C@H](Cc1ccccc1)NC(=O)[C@H](CCCNC(=NC(=O)OC(C)(C)C)NC(=O)OC(C)(C)C)NC(=O)O)S(=O)(=O)c1ccc(C=NO)cc1. The fourth-order valence-electron chi connectivity index (χ4n) is 5.21. The van der Waals surface area contributed by atoms with Gasteiger partial charge in [0.25, 0.3) is 0 Å². The highest BCUT2D eigenvalue weighted by Gasteiger charge is 2.33. The molecule has 7 N–H and O–H groups in total. The third-order valence-electron chi connectivity index (χ3n) is 7.57. The molecule has 0 heterocycles. The maximum atomic E-state index is 13.8. The summed E-state index contributed by atoms with van der Waals surface area (Å²) < 4.78 is 39.3. The van der Waals surface area contributed by atoms with E-state index in [0.29, 0.717) is 11.1 Å². The highest BCUT2D eigenvalue weighted by molar-refractivity contribution is 7.89. The number of hydrogen-bond donors (Lipinski definition) is 7. The first kappa shape index (κ1) is 47.9. The molecule has 0 unspecified atom stereocenters. The fraction of sp³-hybridized carbons (Fsp3) is 0.526. The largest absolute Gasteiger partial charge is 0.465 e. The van der Waals surface area contributed by atoms with E-state index in [0.717, 1.165) is 10.5 Å². The number of aliphatic hydroxyl groups is 1. The molecule has 19 heteroatoms. The average Bonchev–Trinajstić information content (AvgIpc) is 3.07. The Bertz CT molecular complexity index is 1790. The summed E-state index contributed by atoms with van der Waals surface area (Å²) in [6, 6.07) is 12.1. The zero-order chi connectivity index (χ0) is 43.0. The number of sulfonamides is 1. The molecule has 18 nitrogen and oxygen atoms in total. The standard InChI is InChI=1S/C38H57N7O11S/c1-25(2)23-45(57(53,54)28-18-16-27(17-19-28)22-40-52)24-31(46)30(21-26-13-10-9-11-14-26)41-32(47)29(42-34(48)49)15-12-20-39-33(43-35(50)55-37(3,4)5)44-36(51)56-38(6,7)8/h9-11,13-14,16-19,22,25,29-31,42,46,52H,12,15,20-21,23-24H2,1-8H3,(H,41,47)(H,48,49)(H2,39,43,44,50,51)/t29-,30-,31-/m0/s1. The Labute approximate surface area is 334 Å². The molecule has 0 aliphatic carbocycles. The van der Waals surface area contributed by atoms with Crippen LogP contribution in [0.2, 0.25) is 0 Å². The molecular weight excluding hydrogens is 763 g/mol. The lowest BCUT2D eigenvalue weighted by Crippen LogP contribution is -2.55. The number of aliphatic hydroxyl groups excluding tert-OH is 1. The van der Waals surface area contributed by atoms with E-state index in [1.807, 2.05) is 13.8 Å². The molecule has 0 saturated heterocycles. The van der Waals surface area contributed by atoms with Crippen LogP contribution in [-0.2, 0) is 30.7 Å². The number of nitrogens with one attached hydrogen (secondary N) is 4. The average molecular weight is 820 g/mol. The third-order valence-corrected chi connectivity index (χ3v) is 9.41. The number of rotatable bonds is 17. The van der Waals surface area contributed by atoms with E-state index in [9.17, 15) is 37.8 Å². The lowest BCUT2D eigenvalue weighted by Gasteiger charge is -2.31. The number of oxime groups is 1. The molecule has 4 amide bonds. The molecule has 0 bridgehead atoms. The fourth-order valence-corrected chi connectivity index (χ4v) is 6.83. The molecule has 316 valence electrons. The number of ether oxygens (including phenoxy) is 2. The van der Waals surface area contributed by atoms with E-state index in [1.165, 1.54) is 24.3 Å². The molecule has 0 saturated carbocycles. The van der Waals surface area contributed by atoms with Gasteiger partial charge in [0.05, 0.1) is 23.3 Å². The van der Waals surface area contributed by atoms with Gasteiger partial charge in [-0.05, 0) is 90.0 Å². The van der Waals surface area contributed by atoms with Crippen molar-refractivity contribution in [2.24, 2.45) is 16.1 Å². The van der Waals surface area contributed by atoms with Crippen molar-refractivity contribution >= 4 is 46.4 Å². The smallest absolute Gasteiger partial charge is 0.437 e. The predicted octanol–water partition coefficient (Wildman–Crippen LogP) is 4.05. The number of carbonyl (C=O) groups excluding carboxylic acids is 3. The minimum atomic E-state index is -4.16. The Hall–Kier alpha value is -5.27. The number of carboxylic acid groups (broad SMARTS) is 1. The highest BCUT2D eigenvalue weighted by Crippen LogP contribution is 2.20. The highest BCUT2D eigenvalue weighted by atomic mass is 32.2. The van der Waals surface area contributed by atoms with Gasteiger partial charge in [0.2, 0.25) is 21.9 Å². The van der Waals surface area contributed by atoms with Crippen molar-refractivity contribution in [2.75, 3.05) is 19.6 Å². The van der Waals surface area contributed by atoms with Crippen molar-refractivity contribution in [2.45, 2.75) is 109 Å². The van der Waals surface area contributed by atoms with Gasteiger partial charge >= 0.3 is 18.3 Å². The number of carbonyl (C=O) groups is 4. The summed E-state index contributed by atoms with van der Waals surface area (Å²) in [5, 5.41) is 43.1. The molecule has 0 radical (unpaired) electrons. The zero-order valence-corrected chi connectivity index (χ0v) is 34.5. The Morgan fingerprint density at radius 1 is 0.895 bits per heavy atom. The van der Waals surface area contributed by atoms with Gasteiger partial charge in [0.15, 0.2) is 0 Å². The van der Waals surface area contributed by atoms with Crippen molar-refractivity contribution in [3.05, 3.63) is 65.7 Å². The van der Waals surface area contributed by atoms with Crippen LogP contribution in [0.25, 0.3) is 0 Å². The first-order valence-electron chi connectivity index (χ1n) is 18.3.